The van der Waals surface area contributed by atoms with Crippen molar-refractivity contribution in [3.05, 3.63) is 106 Å². The van der Waals surface area contributed by atoms with E-state index in [9.17, 15) is 4.79 Å². The van der Waals surface area contributed by atoms with Crippen LogP contribution in [-0.2, 0) is 19.6 Å². The van der Waals surface area contributed by atoms with Gasteiger partial charge in [0, 0.05) is 29.6 Å². The molecule has 0 aliphatic carbocycles. The van der Waals surface area contributed by atoms with Crippen LogP contribution in [0.15, 0.2) is 82.2 Å². The third-order valence-corrected chi connectivity index (χ3v) is 6.46. The van der Waals surface area contributed by atoms with Gasteiger partial charge in [0.25, 0.3) is 5.56 Å². The number of furan rings is 1. The topological polar surface area (TPSA) is 102 Å². The fourth-order valence-electron chi connectivity index (χ4n) is 4.73. The molecule has 1 atom stereocenters. The number of hydrogen-bond donors (Lipinski definition) is 1. The second-order valence-electron chi connectivity index (χ2n) is 9.43. The average molecular weight is 499 g/mol. The number of H-pyrrole nitrogens is 1. The molecule has 0 fully saturated rings. The summed E-state index contributed by atoms with van der Waals surface area (Å²) in [5.74, 6) is 2.39. The number of fused-ring (bicyclic) bond motifs is 1. The zero-order valence-corrected chi connectivity index (χ0v) is 21.2. The predicted molar refractivity (Wildman–Crippen MR) is 140 cm³/mol. The van der Waals surface area contributed by atoms with Crippen molar-refractivity contribution < 1.29 is 9.15 Å². The maximum atomic E-state index is 13.2. The lowest BCUT2D eigenvalue weighted by Gasteiger charge is -2.33. The summed E-state index contributed by atoms with van der Waals surface area (Å²) in [6, 6.07) is 21.4. The summed E-state index contributed by atoms with van der Waals surface area (Å²) in [6.07, 6.45) is 1.64. The maximum absolute atomic E-state index is 13.2. The SMILES string of the molecule is COc1ccc2[nH]c(=O)c(CN(Cc3ccccc3)[C@@H](c3nnnn3Cc3ccco3)C(C)C)cc2c1. The van der Waals surface area contributed by atoms with Gasteiger partial charge in [-0.25, -0.2) is 4.68 Å². The van der Waals surface area contributed by atoms with Gasteiger partial charge in [0.1, 0.15) is 18.1 Å². The van der Waals surface area contributed by atoms with Gasteiger partial charge in [-0.2, -0.15) is 0 Å². The van der Waals surface area contributed by atoms with Crippen molar-refractivity contribution in [3.63, 3.8) is 0 Å². The number of benzene rings is 2. The lowest BCUT2D eigenvalue weighted by Crippen LogP contribution is -2.35. The summed E-state index contributed by atoms with van der Waals surface area (Å²) in [7, 11) is 1.63. The van der Waals surface area contributed by atoms with Crippen LogP contribution in [0.5, 0.6) is 5.75 Å². The maximum Gasteiger partial charge on any atom is 0.252 e. The number of methoxy groups -OCH3 is 1. The zero-order chi connectivity index (χ0) is 25.8. The Labute approximate surface area is 214 Å². The molecule has 0 radical (unpaired) electrons. The highest BCUT2D eigenvalue weighted by Crippen LogP contribution is 2.30. The number of rotatable bonds is 10. The third kappa shape index (κ3) is 5.46. The highest BCUT2D eigenvalue weighted by Gasteiger charge is 2.30. The number of aromatic amines is 1. The number of tetrazole rings is 1. The Morgan fingerprint density at radius 2 is 1.89 bits per heavy atom. The highest BCUT2D eigenvalue weighted by atomic mass is 16.5. The summed E-state index contributed by atoms with van der Waals surface area (Å²) >= 11 is 0. The average Bonchev–Trinajstić information content (AvgIpc) is 3.57. The molecule has 1 N–H and O–H groups in total. The van der Waals surface area contributed by atoms with E-state index < -0.39 is 0 Å². The number of pyridine rings is 1. The van der Waals surface area contributed by atoms with Gasteiger partial charge >= 0.3 is 0 Å². The van der Waals surface area contributed by atoms with Gasteiger partial charge in [-0.3, -0.25) is 9.69 Å². The van der Waals surface area contributed by atoms with Crippen molar-refractivity contribution in [2.45, 2.75) is 39.5 Å². The molecule has 0 spiro atoms. The molecule has 0 aliphatic rings. The standard InChI is InChI=1S/C28H30N6O3/c1-19(2)26(27-30-31-32-34(27)18-24-10-7-13-37-24)33(16-20-8-5-4-6-9-20)17-22-14-21-15-23(36-3)11-12-25(21)29-28(22)35/h4-15,19,26H,16-18H2,1-3H3,(H,29,35)/t26-/m1/s1. The lowest BCUT2D eigenvalue weighted by atomic mass is 9.99. The van der Waals surface area contributed by atoms with Crippen LogP contribution in [0, 0.1) is 5.92 Å². The first-order valence-electron chi connectivity index (χ1n) is 12.3. The first-order chi connectivity index (χ1) is 18.0. The van der Waals surface area contributed by atoms with Gasteiger partial charge in [-0.15, -0.1) is 5.10 Å². The Bertz CT molecular complexity index is 1510. The van der Waals surface area contributed by atoms with E-state index in [0.29, 0.717) is 25.2 Å². The normalized spacial score (nSPS) is 12.5. The summed E-state index contributed by atoms with van der Waals surface area (Å²) in [5, 5.41) is 13.6. The Balaban J connectivity index is 1.55. The van der Waals surface area contributed by atoms with E-state index in [4.69, 9.17) is 9.15 Å². The fraction of sp³-hybridized carbons (Fsp3) is 0.286. The molecule has 0 amide bonds. The molecule has 0 unspecified atom stereocenters. The molecule has 190 valence electrons. The first-order valence-corrected chi connectivity index (χ1v) is 12.3. The van der Waals surface area contributed by atoms with Crippen molar-refractivity contribution in [1.82, 2.24) is 30.1 Å². The molecule has 3 aromatic heterocycles. The number of ether oxygens (including phenoxy) is 1. The van der Waals surface area contributed by atoms with Crippen molar-refractivity contribution in [2.75, 3.05) is 7.11 Å². The van der Waals surface area contributed by atoms with Crippen LogP contribution in [0.4, 0.5) is 0 Å². The molecule has 9 heteroatoms. The molecule has 2 aromatic carbocycles. The van der Waals surface area contributed by atoms with Crippen LogP contribution in [-0.4, -0.2) is 37.2 Å². The predicted octanol–water partition coefficient (Wildman–Crippen LogP) is 4.56. The van der Waals surface area contributed by atoms with Gasteiger partial charge < -0.3 is 14.1 Å². The van der Waals surface area contributed by atoms with Gasteiger partial charge in [-0.05, 0) is 58.3 Å². The van der Waals surface area contributed by atoms with Crippen molar-refractivity contribution in [3.8, 4) is 5.75 Å². The molecule has 5 aromatic rings. The first kappa shape index (κ1) is 24.5. The molecule has 0 saturated heterocycles. The number of nitrogens with zero attached hydrogens (tertiary/aromatic N) is 5. The summed E-state index contributed by atoms with van der Waals surface area (Å²) in [5.41, 5.74) is 2.45. The number of hydrogen-bond acceptors (Lipinski definition) is 7. The highest BCUT2D eigenvalue weighted by molar-refractivity contribution is 5.80. The number of aromatic nitrogens is 5. The molecular formula is C28H30N6O3. The minimum absolute atomic E-state index is 0.117. The molecular weight excluding hydrogens is 468 g/mol. The minimum atomic E-state index is -0.162. The summed E-state index contributed by atoms with van der Waals surface area (Å²) < 4.78 is 12.7. The van der Waals surface area contributed by atoms with Crippen molar-refractivity contribution >= 4 is 10.9 Å². The Morgan fingerprint density at radius 3 is 2.62 bits per heavy atom. The zero-order valence-electron chi connectivity index (χ0n) is 21.2. The Hall–Kier alpha value is -4.24. The Morgan fingerprint density at radius 1 is 1.05 bits per heavy atom. The van der Waals surface area contributed by atoms with E-state index in [2.05, 4.69) is 51.4 Å². The molecule has 3 heterocycles. The van der Waals surface area contributed by atoms with E-state index in [1.165, 1.54) is 0 Å². The van der Waals surface area contributed by atoms with Crippen LogP contribution in [0.25, 0.3) is 10.9 Å². The van der Waals surface area contributed by atoms with Crippen LogP contribution < -0.4 is 10.3 Å². The minimum Gasteiger partial charge on any atom is -0.497 e. The molecule has 5 rings (SSSR count). The second-order valence-corrected chi connectivity index (χ2v) is 9.43. The largest absolute Gasteiger partial charge is 0.497 e. The molecule has 0 bridgehead atoms. The quantitative estimate of drug-likeness (QED) is 0.301. The van der Waals surface area contributed by atoms with E-state index in [1.807, 2.05) is 54.6 Å². The second kappa shape index (κ2) is 10.8. The van der Waals surface area contributed by atoms with Crippen molar-refractivity contribution in [1.29, 1.82) is 0 Å². The molecule has 0 saturated carbocycles. The van der Waals surface area contributed by atoms with E-state index in [0.717, 1.165) is 33.8 Å². The van der Waals surface area contributed by atoms with E-state index in [1.54, 1.807) is 18.1 Å². The molecule has 9 nitrogen and oxygen atoms in total. The van der Waals surface area contributed by atoms with Gasteiger partial charge in [0.05, 0.1) is 19.4 Å². The van der Waals surface area contributed by atoms with E-state index >= 15 is 0 Å². The van der Waals surface area contributed by atoms with Crippen molar-refractivity contribution in [2.24, 2.45) is 5.92 Å². The summed E-state index contributed by atoms with van der Waals surface area (Å²) in [4.78, 5) is 18.5. The Kier molecular flexibility index (Phi) is 7.14. The fourth-order valence-corrected chi connectivity index (χ4v) is 4.73. The lowest BCUT2D eigenvalue weighted by molar-refractivity contribution is 0.125. The molecule has 0 aliphatic heterocycles. The smallest absolute Gasteiger partial charge is 0.252 e. The monoisotopic (exact) mass is 498 g/mol. The van der Waals surface area contributed by atoms with E-state index in [-0.39, 0.29) is 17.5 Å². The van der Waals surface area contributed by atoms with Gasteiger partial charge in [0.2, 0.25) is 0 Å². The van der Waals surface area contributed by atoms with Crippen LogP contribution in [0.1, 0.15) is 42.6 Å². The van der Waals surface area contributed by atoms with Gasteiger partial charge in [-0.1, -0.05) is 44.2 Å². The summed E-state index contributed by atoms with van der Waals surface area (Å²) in [6.45, 7) is 5.74. The van der Waals surface area contributed by atoms with Crippen LogP contribution in [0.3, 0.4) is 0 Å². The third-order valence-electron chi connectivity index (χ3n) is 6.46. The van der Waals surface area contributed by atoms with Crippen LogP contribution >= 0.6 is 0 Å². The number of nitrogens with one attached hydrogen (secondary N) is 1. The van der Waals surface area contributed by atoms with Gasteiger partial charge in [0.15, 0.2) is 5.82 Å². The van der Waals surface area contributed by atoms with Crippen LogP contribution in [0.2, 0.25) is 0 Å². The molecule has 37 heavy (non-hydrogen) atoms.